The number of amides is 1. The smallest absolute Gasteiger partial charge is 0.268 e. The molecule has 1 atom stereocenters. The summed E-state index contributed by atoms with van der Waals surface area (Å²) in [5, 5.41) is 4.34. The van der Waals surface area contributed by atoms with E-state index < -0.39 is 6.04 Å². The van der Waals surface area contributed by atoms with Gasteiger partial charge < -0.3 is 15.1 Å². The predicted octanol–water partition coefficient (Wildman–Crippen LogP) is 3.43. The molecule has 0 aliphatic heterocycles. The summed E-state index contributed by atoms with van der Waals surface area (Å²) in [5.74, 6) is -0.321. The molecule has 1 aromatic heterocycles. The fourth-order valence-electron chi connectivity index (χ4n) is 1.87. The average Bonchev–Trinajstić information content (AvgIpc) is 2.79. The molecule has 2 aromatic rings. The first kappa shape index (κ1) is 14.9. The minimum absolute atomic E-state index is 0.0267. The number of aldehydes is 1. The Balaban J connectivity index is 2.31. The van der Waals surface area contributed by atoms with Crippen molar-refractivity contribution in [3.63, 3.8) is 0 Å². The quantitative estimate of drug-likeness (QED) is 0.850. The highest BCUT2D eigenvalue weighted by atomic mass is 35.5. The highest BCUT2D eigenvalue weighted by Gasteiger charge is 2.18. The molecule has 6 heteroatoms. The van der Waals surface area contributed by atoms with Crippen LogP contribution in [-0.2, 0) is 4.79 Å². The number of hydrogen-bond donors (Lipinski definition) is 2. The Morgan fingerprint density at radius 2 is 2.00 bits per heavy atom. The zero-order valence-corrected chi connectivity index (χ0v) is 12.5. The molecule has 0 saturated heterocycles. The van der Waals surface area contributed by atoms with Gasteiger partial charge in [-0.1, -0.05) is 37.0 Å². The lowest BCUT2D eigenvalue weighted by Gasteiger charge is -2.15. The van der Waals surface area contributed by atoms with Gasteiger partial charge in [-0.3, -0.25) is 4.79 Å². The molecule has 4 nitrogen and oxygen atoms in total. The predicted molar refractivity (Wildman–Crippen MR) is 80.5 cm³/mol. The Kier molecular flexibility index (Phi) is 4.35. The molecular weight excluding hydrogens is 299 g/mol. The number of benzene rings is 1. The van der Waals surface area contributed by atoms with E-state index in [1.165, 1.54) is 0 Å². The van der Waals surface area contributed by atoms with Crippen LogP contribution in [0.3, 0.4) is 0 Å². The zero-order valence-electron chi connectivity index (χ0n) is 11.0. The number of aromatic nitrogens is 1. The van der Waals surface area contributed by atoms with Crippen LogP contribution in [0.1, 0.15) is 24.3 Å². The summed E-state index contributed by atoms with van der Waals surface area (Å²) in [6.07, 6.45) is 0.731. The minimum Gasteiger partial charge on any atom is -0.350 e. The number of nitrogens with one attached hydrogen (secondary N) is 2. The van der Waals surface area contributed by atoms with E-state index in [0.717, 1.165) is 6.29 Å². The maximum absolute atomic E-state index is 12.1. The van der Waals surface area contributed by atoms with Gasteiger partial charge in [0.2, 0.25) is 0 Å². The Bertz CT molecular complexity index is 664. The molecule has 1 aromatic carbocycles. The Morgan fingerprint density at radius 3 is 2.60 bits per heavy atom. The summed E-state index contributed by atoms with van der Waals surface area (Å²) in [6.45, 7) is 3.72. The first-order valence-electron chi connectivity index (χ1n) is 6.16. The van der Waals surface area contributed by atoms with E-state index in [-0.39, 0.29) is 11.8 Å². The highest BCUT2D eigenvalue weighted by Crippen LogP contribution is 2.28. The largest absolute Gasteiger partial charge is 0.350 e. The van der Waals surface area contributed by atoms with Gasteiger partial charge in [-0.2, -0.15) is 0 Å². The third kappa shape index (κ3) is 2.97. The number of halogens is 2. The third-order valence-electron chi connectivity index (χ3n) is 3.06. The van der Waals surface area contributed by atoms with Crippen molar-refractivity contribution >= 4 is 46.3 Å². The van der Waals surface area contributed by atoms with E-state index in [9.17, 15) is 9.59 Å². The molecule has 1 unspecified atom stereocenters. The topological polar surface area (TPSA) is 62.0 Å². The SMILES string of the molecule is CC(C)C(C=O)NC(=O)c1cc2c(Cl)cc(Cl)cc2[nH]1. The maximum Gasteiger partial charge on any atom is 0.268 e. The molecule has 0 radical (unpaired) electrons. The lowest BCUT2D eigenvalue weighted by atomic mass is 10.1. The first-order chi connectivity index (χ1) is 9.42. The van der Waals surface area contributed by atoms with Gasteiger partial charge >= 0.3 is 0 Å². The van der Waals surface area contributed by atoms with E-state index in [4.69, 9.17) is 23.2 Å². The number of hydrogen-bond acceptors (Lipinski definition) is 2. The number of fused-ring (bicyclic) bond motifs is 1. The Morgan fingerprint density at radius 1 is 1.30 bits per heavy atom. The second-order valence-corrected chi connectivity index (χ2v) is 5.75. The van der Waals surface area contributed by atoms with Gasteiger partial charge in [-0.15, -0.1) is 0 Å². The van der Waals surface area contributed by atoms with Crippen LogP contribution in [-0.4, -0.2) is 23.2 Å². The second-order valence-electron chi connectivity index (χ2n) is 4.91. The van der Waals surface area contributed by atoms with Crippen LogP contribution in [0.2, 0.25) is 10.0 Å². The van der Waals surface area contributed by atoms with Crippen molar-refractivity contribution < 1.29 is 9.59 Å². The van der Waals surface area contributed by atoms with Crippen LogP contribution in [0, 0.1) is 5.92 Å². The Hall–Kier alpha value is -1.52. The molecule has 0 saturated carbocycles. The fourth-order valence-corrected chi connectivity index (χ4v) is 2.42. The number of carbonyl (C=O) groups is 2. The lowest BCUT2D eigenvalue weighted by molar-refractivity contribution is -0.110. The highest BCUT2D eigenvalue weighted by molar-refractivity contribution is 6.38. The fraction of sp³-hybridized carbons (Fsp3) is 0.286. The van der Waals surface area contributed by atoms with Gasteiger partial charge in [0.1, 0.15) is 12.0 Å². The number of carbonyl (C=O) groups excluding carboxylic acids is 2. The summed E-state index contributed by atoms with van der Waals surface area (Å²) in [6, 6.07) is 4.43. The van der Waals surface area contributed by atoms with Crippen LogP contribution < -0.4 is 5.32 Å². The van der Waals surface area contributed by atoms with Crippen LogP contribution in [0.25, 0.3) is 10.9 Å². The third-order valence-corrected chi connectivity index (χ3v) is 3.59. The molecule has 0 aliphatic carbocycles. The second kappa shape index (κ2) is 5.85. The maximum atomic E-state index is 12.1. The van der Waals surface area contributed by atoms with Crippen LogP contribution >= 0.6 is 23.2 Å². The molecule has 20 heavy (non-hydrogen) atoms. The first-order valence-corrected chi connectivity index (χ1v) is 6.92. The molecule has 0 spiro atoms. The molecule has 0 bridgehead atoms. The summed E-state index contributed by atoms with van der Waals surface area (Å²) < 4.78 is 0. The molecule has 1 amide bonds. The van der Waals surface area contributed by atoms with Crippen molar-refractivity contribution in [2.75, 3.05) is 0 Å². The summed E-state index contributed by atoms with van der Waals surface area (Å²) in [4.78, 5) is 26.0. The van der Waals surface area contributed by atoms with Gasteiger partial charge in [-0.05, 0) is 24.1 Å². The molecular formula is C14H14Cl2N2O2. The Labute approximate surface area is 126 Å². The number of rotatable bonds is 4. The summed E-state index contributed by atoms with van der Waals surface area (Å²) >= 11 is 12.0. The van der Waals surface area contributed by atoms with E-state index in [1.807, 2.05) is 13.8 Å². The van der Waals surface area contributed by atoms with Crippen LogP contribution in [0.4, 0.5) is 0 Å². The van der Waals surface area contributed by atoms with Crippen LogP contribution in [0.5, 0.6) is 0 Å². The molecule has 2 N–H and O–H groups in total. The van der Waals surface area contributed by atoms with Crippen molar-refractivity contribution in [3.05, 3.63) is 33.9 Å². The van der Waals surface area contributed by atoms with Crippen molar-refractivity contribution in [1.82, 2.24) is 10.3 Å². The standard InChI is InChI=1S/C14H14Cl2N2O2/c1-7(2)13(6-19)18-14(20)12-5-9-10(16)3-8(15)4-11(9)17-12/h3-7,13,17H,1-2H3,(H,18,20). The minimum atomic E-state index is -0.520. The molecule has 106 valence electrons. The van der Waals surface area contributed by atoms with Gasteiger partial charge in [0.05, 0.1) is 11.1 Å². The van der Waals surface area contributed by atoms with E-state index >= 15 is 0 Å². The van der Waals surface area contributed by atoms with E-state index in [2.05, 4.69) is 10.3 Å². The summed E-state index contributed by atoms with van der Waals surface area (Å²) in [5.41, 5.74) is 1.02. The van der Waals surface area contributed by atoms with Crippen molar-refractivity contribution in [1.29, 1.82) is 0 Å². The van der Waals surface area contributed by atoms with Crippen LogP contribution in [0.15, 0.2) is 18.2 Å². The normalized spacial score (nSPS) is 12.7. The van der Waals surface area contributed by atoms with Gasteiger partial charge in [0, 0.05) is 15.9 Å². The van der Waals surface area contributed by atoms with E-state index in [1.54, 1.807) is 18.2 Å². The van der Waals surface area contributed by atoms with Crippen molar-refractivity contribution in [2.45, 2.75) is 19.9 Å². The average molecular weight is 313 g/mol. The summed E-state index contributed by atoms with van der Waals surface area (Å²) in [7, 11) is 0. The number of aromatic amines is 1. The van der Waals surface area contributed by atoms with Crippen molar-refractivity contribution in [2.24, 2.45) is 5.92 Å². The zero-order chi connectivity index (χ0) is 14.9. The molecule has 0 aliphatic rings. The molecule has 1 heterocycles. The molecule has 2 rings (SSSR count). The molecule has 0 fully saturated rings. The monoisotopic (exact) mass is 312 g/mol. The van der Waals surface area contributed by atoms with Gasteiger partial charge in [-0.25, -0.2) is 0 Å². The van der Waals surface area contributed by atoms with Gasteiger partial charge in [0.25, 0.3) is 5.91 Å². The lowest BCUT2D eigenvalue weighted by Crippen LogP contribution is -2.39. The van der Waals surface area contributed by atoms with Gasteiger partial charge in [0.15, 0.2) is 0 Å². The van der Waals surface area contributed by atoms with E-state index in [0.29, 0.717) is 26.6 Å². The van der Waals surface area contributed by atoms with Crippen molar-refractivity contribution in [3.8, 4) is 0 Å². The number of H-pyrrole nitrogens is 1.